The van der Waals surface area contributed by atoms with E-state index in [1.165, 1.54) is 41.1 Å². The van der Waals surface area contributed by atoms with Crippen molar-refractivity contribution in [1.29, 1.82) is 0 Å². The standard InChI is InChI=1S/C23H12BrF4N3O/c24-13-6-5-12(18(28)9-13)10-30-11-14-21(20-16(26)7-8-17(27)22(20)30)29-31(23(14)32)19-4-2-1-3-15(19)25/h1-9,11H,10H2. The molecule has 0 saturated heterocycles. The largest absolute Gasteiger partial charge is 0.340 e. The molecule has 0 radical (unpaired) electrons. The van der Waals surface area contributed by atoms with Gasteiger partial charge in [-0.3, -0.25) is 4.79 Å². The van der Waals surface area contributed by atoms with Gasteiger partial charge in [-0.05, 0) is 36.4 Å². The van der Waals surface area contributed by atoms with Crippen molar-refractivity contribution < 1.29 is 17.6 Å². The van der Waals surface area contributed by atoms with Gasteiger partial charge < -0.3 is 4.57 Å². The number of halogens is 5. The fraction of sp³-hybridized carbons (Fsp3) is 0.0435. The summed E-state index contributed by atoms with van der Waals surface area (Å²) in [6.07, 6.45) is 1.29. The molecule has 4 nitrogen and oxygen atoms in total. The molecular weight excluding hydrogens is 490 g/mol. The lowest BCUT2D eigenvalue weighted by Crippen LogP contribution is -2.16. The van der Waals surface area contributed by atoms with E-state index in [4.69, 9.17) is 0 Å². The van der Waals surface area contributed by atoms with Crippen molar-refractivity contribution in [3.05, 3.63) is 104 Å². The van der Waals surface area contributed by atoms with Gasteiger partial charge in [0.1, 0.15) is 34.7 Å². The third kappa shape index (κ3) is 3.20. The molecule has 2 aliphatic rings. The average molecular weight is 502 g/mol. The van der Waals surface area contributed by atoms with E-state index in [0.717, 1.165) is 22.9 Å². The first-order valence-electron chi connectivity index (χ1n) is 9.44. The zero-order valence-corrected chi connectivity index (χ0v) is 17.7. The Morgan fingerprint density at radius 2 is 1.62 bits per heavy atom. The minimum atomic E-state index is -0.810. The summed E-state index contributed by atoms with van der Waals surface area (Å²) in [6, 6.07) is 11.7. The van der Waals surface area contributed by atoms with Crippen LogP contribution in [0.1, 0.15) is 5.56 Å². The summed E-state index contributed by atoms with van der Waals surface area (Å²) < 4.78 is 61.1. The molecule has 3 aromatic carbocycles. The molecule has 0 amide bonds. The first-order chi connectivity index (χ1) is 15.3. The number of benzene rings is 3. The Kier molecular flexibility index (Phi) is 4.85. The van der Waals surface area contributed by atoms with Gasteiger partial charge in [-0.15, -0.1) is 0 Å². The van der Waals surface area contributed by atoms with Crippen LogP contribution in [0.2, 0.25) is 0 Å². The molecule has 0 saturated carbocycles. The molecule has 0 spiro atoms. The van der Waals surface area contributed by atoms with Gasteiger partial charge >= 0.3 is 0 Å². The molecule has 2 aliphatic heterocycles. The van der Waals surface area contributed by atoms with Crippen LogP contribution in [0.5, 0.6) is 0 Å². The molecule has 0 atom stereocenters. The quantitative estimate of drug-likeness (QED) is 0.299. The van der Waals surface area contributed by atoms with E-state index in [9.17, 15) is 22.4 Å². The lowest BCUT2D eigenvalue weighted by Gasteiger charge is -2.15. The van der Waals surface area contributed by atoms with Gasteiger partial charge in [-0.1, -0.05) is 34.1 Å². The number of aromatic nitrogens is 3. The van der Waals surface area contributed by atoms with E-state index >= 15 is 0 Å². The molecule has 0 fully saturated rings. The second kappa shape index (κ2) is 7.59. The number of para-hydroxylation sites is 1. The van der Waals surface area contributed by atoms with E-state index in [2.05, 4.69) is 21.0 Å². The zero-order valence-electron chi connectivity index (χ0n) is 16.1. The summed E-state index contributed by atoms with van der Waals surface area (Å²) >= 11 is 3.18. The Balaban J connectivity index is 1.84. The van der Waals surface area contributed by atoms with Crippen molar-refractivity contribution >= 4 is 26.8 Å². The summed E-state index contributed by atoms with van der Waals surface area (Å²) in [5.41, 5.74) is -0.972. The number of fused-ring (bicyclic) bond motifs is 3. The van der Waals surface area contributed by atoms with Crippen LogP contribution >= 0.6 is 15.9 Å². The molecule has 9 heteroatoms. The fourth-order valence-electron chi connectivity index (χ4n) is 3.73. The highest BCUT2D eigenvalue weighted by molar-refractivity contribution is 9.10. The number of hydrogen-bond donors (Lipinski definition) is 0. The van der Waals surface area contributed by atoms with Gasteiger partial charge in [-0.2, -0.15) is 9.78 Å². The molecule has 5 rings (SSSR count). The molecule has 32 heavy (non-hydrogen) atoms. The maximum Gasteiger partial charge on any atom is 0.282 e. The number of pyridine rings is 1. The van der Waals surface area contributed by atoms with Crippen molar-refractivity contribution in [1.82, 2.24) is 14.3 Å². The van der Waals surface area contributed by atoms with Crippen LogP contribution in [-0.2, 0) is 6.54 Å². The first kappa shape index (κ1) is 20.4. The molecule has 0 aromatic heterocycles. The van der Waals surface area contributed by atoms with E-state index < -0.39 is 28.8 Å². The Labute approximate surface area is 186 Å². The number of rotatable bonds is 3. The van der Waals surface area contributed by atoms with Crippen molar-refractivity contribution in [2.75, 3.05) is 0 Å². The summed E-state index contributed by atoms with van der Waals surface area (Å²) in [4.78, 5) is 13.1. The van der Waals surface area contributed by atoms with Crippen molar-refractivity contribution in [2.24, 2.45) is 0 Å². The first-order valence-corrected chi connectivity index (χ1v) is 10.2. The zero-order chi connectivity index (χ0) is 22.6. The molecule has 0 N–H and O–H groups in total. The minimum absolute atomic E-state index is 0.0530. The highest BCUT2D eigenvalue weighted by Gasteiger charge is 2.26. The average Bonchev–Trinajstić information content (AvgIpc) is 3.09. The maximum atomic E-state index is 14.9. The van der Waals surface area contributed by atoms with E-state index in [-0.39, 0.29) is 40.0 Å². The van der Waals surface area contributed by atoms with Crippen LogP contribution in [0, 0.1) is 23.3 Å². The second-order valence-electron chi connectivity index (χ2n) is 7.18. The van der Waals surface area contributed by atoms with Crippen LogP contribution in [0.25, 0.3) is 27.8 Å². The van der Waals surface area contributed by atoms with E-state index in [1.807, 2.05) is 0 Å². The van der Waals surface area contributed by atoms with Gasteiger partial charge in [-0.25, -0.2) is 17.6 Å². The Hall–Kier alpha value is -3.46. The normalized spacial score (nSPS) is 11.5. The lowest BCUT2D eigenvalue weighted by atomic mass is 10.1. The molecule has 0 unspecified atom stereocenters. The van der Waals surface area contributed by atoms with Gasteiger partial charge in [0.2, 0.25) is 0 Å². The monoisotopic (exact) mass is 501 g/mol. The van der Waals surface area contributed by atoms with Gasteiger partial charge in [0.15, 0.2) is 0 Å². The minimum Gasteiger partial charge on any atom is -0.340 e. The van der Waals surface area contributed by atoms with Crippen molar-refractivity contribution in [3.8, 4) is 16.9 Å². The van der Waals surface area contributed by atoms with Gasteiger partial charge in [0.05, 0.1) is 23.0 Å². The van der Waals surface area contributed by atoms with Crippen LogP contribution in [0.4, 0.5) is 17.6 Å². The predicted molar refractivity (Wildman–Crippen MR) is 115 cm³/mol. The van der Waals surface area contributed by atoms with Crippen molar-refractivity contribution in [2.45, 2.75) is 6.54 Å². The molecule has 160 valence electrons. The SMILES string of the molecule is O=c1c2cn(Cc3ccc(Br)cc3F)c3c(F)ccc(F)c3c-2nn1-c1ccccc1F. The lowest BCUT2D eigenvalue weighted by molar-refractivity contribution is 0.591. The second-order valence-corrected chi connectivity index (χ2v) is 8.09. The van der Waals surface area contributed by atoms with Crippen LogP contribution < -0.4 is 5.56 Å². The molecular formula is C23H12BrF4N3O. The van der Waals surface area contributed by atoms with Crippen LogP contribution in [0.3, 0.4) is 0 Å². The van der Waals surface area contributed by atoms with E-state index in [0.29, 0.717) is 4.47 Å². The number of nitrogens with zero attached hydrogens (tertiary/aromatic N) is 3. The van der Waals surface area contributed by atoms with Crippen molar-refractivity contribution in [3.63, 3.8) is 0 Å². The van der Waals surface area contributed by atoms with E-state index in [1.54, 1.807) is 6.07 Å². The number of hydrogen-bond acceptors (Lipinski definition) is 2. The van der Waals surface area contributed by atoms with Crippen LogP contribution in [-0.4, -0.2) is 14.3 Å². The van der Waals surface area contributed by atoms with Gasteiger partial charge in [0.25, 0.3) is 5.56 Å². The maximum absolute atomic E-state index is 14.9. The molecule has 2 heterocycles. The smallest absolute Gasteiger partial charge is 0.282 e. The summed E-state index contributed by atoms with van der Waals surface area (Å²) in [7, 11) is 0. The third-order valence-electron chi connectivity index (χ3n) is 5.20. The fourth-order valence-corrected chi connectivity index (χ4v) is 4.06. The molecule has 0 bridgehead atoms. The Bertz CT molecular complexity index is 1540. The third-order valence-corrected chi connectivity index (χ3v) is 5.69. The summed E-state index contributed by atoms with van der Waals surface area (Å²) in [5, 5.41) is 3.87. The Morgan fingerprint density at radius 1 is 0.875 bits per heavy atom. The molecule has 3 aromatic rings. The van der Waals surface area contributed by atoms with Gasteiger partial charge in [0, 0.05) is 16.2 Å². The molecule has 0 aliphatic carbocycles. The van der Waals surface area contributed by atoms with Crippen LogP contribution in [0.15, 0.2) is 70.1 Å². The topological polar surface area (TPSA) is 39.8 Å². The predicted octanol–water partition coefficient (Wildman–Crippen LogP) is 5.66. The highest BCUT2D eigenvalue weighted by atomic mass is 79.9. The summed E-state index contributed by atoms with van der Waals surface area (Å²) in [6.45, 7) is -0.170. The Morgan fingerprint density at radius 3 is 2.38 bits per heavy atom. The highest BCUT2D eigenvalue weighted by Crippen LogP contribution is 2.32. The summed E-state index contributed by atoms with van der Waals surface area (Å²) in [5.74, 6) is -2.83.